The molecule has 0 spiro atoms. The van der Waals surface area contributed by atoms with Gasteiger partial charge in [-0.15, -0.1) is 0 Å². The zero-order valence-corrected chi connectivity index (χ0v) is 10.5. The summed E-state index contributed by atoms with van der Waals surface area (Å²) in [5, 5.41) is 21.5. The summed E-state index contributed by atoms with van der Waals surface area (Å²) in [5.74, 6) is 0.803. The van der Waals surface area contributed by atoms with E-state index in [1.54, 1.807) is 6.92 Å². The molecule has 0 aromatic heterocycles. The van der Waals surface area contributed by atoms with Crippen molar-refractivity contribution in [2.24, 2.45) is 0 Å². The van der Waals surface area contributed by atoms with Crippen molar-refractivity contribution < 1.29 is 14.9 Å². The molecule has 4 heteroatoms. The number of benzene rings is 1. The summed E-state index contributed by atoms with van der Waals surface area (Å²) in [4.78, 5) is 0. The zero-order chi connectivity index (χ0) is 13.0. The van der Waals surface area contributed by atoms with E-state index in [9.17, 15) is 5.11 Å². The molecule has 0 amide bonds. The van der Waals surface area contributed by atoms with Gasteiger partial charge in [-0.2, -0.15) is 0 Å². The molecule has 4 nitrogen and oxygen atoms in total. The lowest BCUT2D eigenvalue weighted by Crippen LogP contribution is -2.36. The van der Waals surface area contributed by atoms with Gasteiger partial charge < -0.3 is 14.9 Å². The number of nitrogens with one attached hydrogen (secondary N) is 1. The van der Waals surface area contributed by atoms with Crippen molar-refractivity contribution >= 4 is 6.08 Å². The van der Waals surface area contributed by atoms with Crippen molar-refractivity contribution in [3.8, 4) is 5.75 Å². The maximum Gasteiger partial charge on any atom is 0.126 e. The third-order valence-electron chi connectivity index (χ3n) is 2.86. The van der Waals surface area contributed by atoms with Gasteiger partial charge in [-0.05, 0) is 25.0 Å². The molecule has 0 saturated carbocycles. The highest BCUT2D eigenvalue weighted by atomic mass is 16.5. The molecule has 1 aromatic carbocycles. The molecule has 0 saturated heterocycles. The van der Waals surface area contributed by atoms with E-state index in [1.807, 2.05) is 18.2 Å². The molecular formula is C14H19NO3. The van der Waals surface area contributed by atoms with Crippen molar-refractivity contribution in [1.29, 1.82) is 0 Å². The summed E-state index contributed by atoms with van der Waals surface area (Å²) in [6.07, 6.45) is 3.83. The topological polar surface area (TPSA) is 61.7 Å². The second-order valence-corrected chi connectivity index (χ2v) is 4.48. The van der Waals surface area contributed by atoms with E-state index in [4.69, 9.17) is 9.84 Å². The maximum atomic E-state index is 9.69. The van der Waals surface area contributed by atoms with E-state index in [0.717, 1.165) is 17.7 Å². The smallest absolute Gasteiger partial charge is 0.126 e. The minimum Gasteiger partial charge on any atom is -0.490 e. The number of aliphatic hydroxyl groups is 2. The standard InChI is InChI=1S/C14H19NO3/c1-10(16)15-8-12(17)9-18-14-7-3-5-11-4-2-6-13(11)14/h2-3,5-7,10,12,15-17H,4,8-9H2,1H3. The van der Waals surface area contributed by atoms with E-state index in [1.165, 1.54) is 5.56 Å². The number of hydrogen-bond acceptors (Lipinski definition) is 4. The van der Waals surface area contributed by atoms with Crippen LogP contribution in [0.3, 0.4) is 0 Å². The Morgan fingerprint density at radius 3 is 3.00 bits per heavy atom. The lowest BCUT2D eigenvalue weighted by Gasteiger charge is -2.16. The molecule has 0 radical (unpaired) electrons. The van der Waals surface area contributed by atoms with Gasteiger partial charge in [0.2, 0.25) is 0 Å². The van der Waals surface area contributed by atoms with Crippen LogP contribution < -0.4 is 10.1 Å². The van der Waals surface area contributed by atoms with Crippen LogP contribution in [0.2, 0.25) is 0 Å². The second-order valence-electron chi connectivity index (χ2n) is 4.48. The first-order chi connectivity index (χ1) is 8.66. The number of aliphatic hydroxyl groups excluding tert-OH is 2. The normalized spacial score (nSPS) is 16.4. The first-order valence-corrected chi connectivity index (χ1v) is 6.17. The number of rotatable bonds is 6. The van der Waals surface area contributed by atoms with Gasteiger partial charge in [0.1, 0.15) is 24.7 Å². The molecule has 0 fully saturated rings. The highest BCUT2D eigenvalue weighted by Gasteiger charge is 2.12. The molecule has 0 bridgehead atoms. The Labute approximate surface area is 107 Å². The van der Waals surface area contributed by atoms with Gasteiger partial charge in [-0.1, -0.05) is 24.3 Å². The number of fused-ring (bicyclic) bond motifs is 1. The van der Waals surface area contributed by atoms with E-state index < -0.39 is 12.3 Å². The second kappa shape index (κ2) is 6.00. The van der Waals surface area contributed by atoms with Crippen LogP contribution in [-0.4, -0.2) is 35.7 Å². The Morgan fingerprint density at radius 2 is 2.22 bits per heavy atom. The van der Waals surface area contributed by atoms with Crippen LogP contribution in [0.4, 0.5) is 0 Å². The lowest BCUT2D eigenvalue weighted by atomic mass is 10.1. The molecule has 1 aliphatic rings. The zero-order valence-electron chi connectivity index (χ0n) is 10.5. The van der Waals surface area contributed by atoms with E-state index in [-0.39, 0.29) is 6.61 Å². The Morgan fingerprint density at radius 1 is 1.39 bits per heavy atom. The minimum absolute atomic E-state index is 0.212. The summed E-state index contributed by atoms with van der Waals surface area (Å²) < 4.78 is 5.62. The summed E-state index contributed by atoms with van der Waals surface area (Å²) in [5.41, 5.74) is 2.36. The van der Waals surface area contributed by atoms with Gasteiger partial charge in [-0.3, -0.25) is 5.32 Å². The fourth-order valence-corrected chi connectivity index (χ4v) is 1.94. The Hall–Kier alpha value is -1.36. The average molecular weight is 249 g/mol. The van der Waals surface area contributed by atoms with Gasteiger partial charge in [0.25, 0.3) is 0 Å². The van der Waals surface area contributed by atoms with Crippen LogP contribution in [0.15, 0.2) is 24.3 Å². The fourth-order valence-electron chi connectivity index (χ4n) is 1.94. The van der Waals surface area contributed by atoms with Crippen LogP contribution >= 0.6 is 0 Å². The lowest BCUT2D eigenvalue weighted by molar-refractivity contribution is 0.0803. The van der Waals surface area contributed by atoms with E-state index in [0.29, 0.717) is 6.54 Å². The Bertz CT molecular complexity index is 429. The first kappa shape index (κ1) is 13.1. The summed E-state index contributed by atoms with van der Waals surface area (Å²) >= 11 is 0. The molecule has 18 heavy (non-hydrogen) atoms. The van der Waals surface area contributed by atoms with Crippen molar-refractivity contribution in [2.45, 2.75) is 25.7 Å². The van der Waals surface area contributed by atoms with E-state index >= 15 is 0 Å². The largest absolute Gasteiger partial charge is 0.490 e. The molecular weight excluding hydrogens is 230 g/mol. The van der Waals surface area contributed by atoms with Crippen molar-refractivity contribution in [1.82, 2.24) is 5.32 Å². The SMILES string of the molecule is CC(O)NCC(O)COc1cccc2c1C=CC2. The molecule has 1 aromatic rings. The van der Waals surface area contributed by atoms with Gasteiger partial charge in [0.05, 0.1) is 0 Å². The number of ether oxygens (including phenoxy) is 1. The first-order valence-electron chi connectivity index (χ1n) is 6.17. The van der Waals surface area contributed by atoms with Crippen LogP contribution in [0.1, 0.15) is 18.1 Å². The predicted molar refractivity (Wildman–Crippen MR) is 70.4 cm³/mol. The van der Waals surface area contributed by atoms with Crippen LogP contribution in [0, 0.1) is 0 Å². The third-order valence-corrected chi connectivity index (χ3v) is 2.86. The average Bonchev–Trinajstić information content (AvgIpc) is 2.82. The fraction of sp³-hybridized carbons (Fsp3) is 0.429. The van der Waals surface area contributed by atoms with Crippen molar-refractivity contribution in [2.75, 3.05) is 13.2 Å². The predicted octanol–water partition coefficient (Wildman–Crippen LogP) is 0.923. The van der Waals surface area contributed by atoms with E-state index in [2.05, 4.69) is 17.5 Å². The minimum atomic E-state index is -0.638. The van der Waals surface area contributed by atoms with Gasteiger partial charge in [-0.25, -0.2) is 0 Å². The van der Waals surface area contributed by atoms with Crippen LogP contribution in [0.5, 0.6) is 5.75 Å². The van der Waals surface area contributed by atoms with Crippen molar-refractivity contribution in [3.63, 3.8) is 0 Å². The third kappa shape index (κ3) is 3.32. The molecule has 1 aliphatic carbocycles. The highest BCUT2D eigenvalue weighted by Crippen LogP contribution is 2.28. The van der Waals surface area contributed by atoms with Gasteiger partial charge in [0.15, 0.2) is 0 Å². The molecule has 98 valence electrons. The summed E-state index contributed by atoms with van der Waals surface area (Å²) in [6.45, 7) is 2.13. The monoisotopic (exact) mass is 249 g/mol. The Kier molecular flexibility index (Phi) is 4.36. The molecule has 2 unspecified atom stereocenters. The molecule has 2 rings (SSSR count). The van der Waals surface area contributed by atoms with Crippen LogP contribution in [0.25, 0.3) is 6.08 Å². The van der Waals surface area contributed by atoms with Crippen LogP contribution in [-0.2, 0) is 6.42 Å². The maximum absolute atomic E-state index is 9.69. The Balaban J connectivity index is 1.87. The number of hydrogen-bond donors (Lipinski definition) is 3. The molecule has 0 heterocycles. The van der Waals surface area contributed by atoms with Crippen molar-refractivity contribution in [3.05, 3.63) is 35.4 Å². The highest BCUT2D eigenvalue weighted by molar-refractivity contribution is 5.65. The quantitative estimate of drug-likeness (QED) is 0.656. The molecule has 2 atom stereocenters. The summed E-state index contributed by atoms with van der Waals surface area (Å²) in [6, 6.07) is 5.94. The van der Waals surface area contributed by atoms with Gasteiger partial charge in [0, 0.05) is 12.1 Å². The summed E-state index contributed by atoms with van der Waals surface area (Å²) in [7, 11) is 0. The van der Waals surface area contributed by atoms with Gasteiger partial charge >= 0.3 is 0 Å². The molecule has 3 N–H and O–H groups in total. The molecule has 0 aliphatic heterocycles. The number of allylic oxidation sites excluding steroid dienone is 1.